The van der Waals surface area contributed by atoms with Crippen LogP contribution in [0.2, 0.25) is 0 Å². The van der Waals surface area contributed by atoms with Crippen molar-refractivity contribution in [2.75, 3.05) is 26.4 Å². The van der Waals surface area contributed by atoms with Gasteiger partial charge in [0.15, 0.2) is 23.0 Å². The van der Waals surface area contributed by atoms with Crippen LogP contribution in [0.15, 0.2) is 12.1 Å². The minimum absolute atomic E-state index is 0.0158. The maximum absolute atomic E-state index is 14.3. The Labute approximate surface area is 202 Å². The fourth-order valence-corrected chi connectivity index (χ4v) is 4.83. The molecule has 1 aliphatic heterocycles. The summed E-state index contributed by atoms with van der Waals surface area (Å²) >= 11 is 0. The molecule has 1 aliphatic carbocycles. The lowest BCUT2D eigenvalue weighted by molar-refractivity contribution is -0.143. The second kappa shape index (κ2) is 8.94. The molecule has 2 atom stereocenters. The van der Waals surface area contributed by atoms with E-state index in [9.17, 15) is 14.0 Å². The van der Waals surface area contributed by atoms with Gasteiger partial charge in [-0.05, 0) is 45.1 Å². The fraction of sp³-hybridized carbons (Fsp3) is 0.542. The predicted molar refractivity (Wildman–Crippen MR) is 127 cm³/mol. The summed E-state index contributed by atoms with van der Waals surface area (Å²) in [7, 11) is 3.16. The highest BCUT2D eigenvalue weighted by molar-refractivity contribution is 6.01. The summed E-state index contributed by atoms with van der Waals surface area (Å²) in [6, 6.07) is 3.13. The van der Waals surface area contributed by atoms with Crippen LogP contribution in [-0.2, 0) is 16.0 Å². The number of ether oxygens (including phenoxy) is 1. The number of anilines is 1. The van der Waals surface area contributed by atoms with Gasteiger partial charge in [0.25, 0.3) is 0 Å². The molecule has 2 amide bonds. The Morgan fingerprint density at radius 3 is 2.80 bits per heavy atom. The Morgan fingerprint density at radius 1 is 1.31 bits per heavy atom. The van der Waals surface area contributed by atoms with Crippen molar-refractivity contribution in [3.05, 3.63) is 23.8 Å². The van der Waals surface area contributed by atoms with Gasteiger partial charge in [-0.2, -0.15) is 4.52 Å². The van der Waals surface area contributed by atoms with Crippen molar-refractivity contribution in [2.45, 2.75) is 57.5 Å². The summed E-state index contributed by atoms with van der Waals surface area (Å²) in [6.45, 7) is 2.67. The normalized spacial score (nSPS) is 19.0. The van der Waals surface area contributed by atoms with Crippen molar-refractivity contribution in [3.63, 3.8) is 0 Å². The van der Waals surface area contributed by atoms with E-state index >= 15 is 0 Å². The first-order valence-electron chi connectivity index (χ1n) is 12.0. The van der Waals surface area contributed by atoms with E-state index in [-0.39, 0.29) is 29.6 Å². The van der Waals surface area contributed by atoms with E-state index < -0.39 is 11.7 Å². The third kappa shape index (κ3) is 4.23. The van der Waals surface area contributed by atoms with Gasteiger partial charge in [0.2, 0.25) is 17.8 Å². The summed E-state index contributed by atoms with van der Waals surface area (Å²) in [5.74, 6) is -0.376. The lowest BCUT2D eigenvalue weighted by Crippen LogP contribution is -2.42. The second-order valence-corrected chi connectivity index (χ2v) is 9.53. The number of aryl methyl sites for hydroxylation is 1. The predicted octanol–water partition coefficient (Wildman–Crippen LogP) is 2.19. The fourth-order valence-electron chi connectivity index (χ4n) is 4.83. The van der Waals surface area contributed by atoms with Crippen LogP contribution in [-0.4, -0.2) is 74.0 Å². The van der Waals surface area contributed by atoms with Gasteiger partial charge in [-0.15, -0.1) is 5.10 Å². The van der Waals surface area contributed by atoms with Crippen LogP contribution in [0.1, 0.15) is 44.9 Å². The highest BCUT2D eigenvalue weighted by atomic mass is 19.1. The SMILES string of the molecule is COc1cc2nc(N)n3nc(CCC[C@H](C)N(C)C(=O)C4CCN(C5CC5)C4=O)nc3c2cc1F. The summed E-state index contributed by atoms with van der Waals surface area (Å²) in [5.41, 5.74) is 6.97. The van der Waals surface area contributed by atoms with E-state index in [1.54, 1.807) is 11.9 Å². The van der Waals surface area contributed by atoms with E-state index in [0.29, 0.717) is 47.8 Å². The van der Waals surface area contributed by atoms with Crippen molar-refractivity contribution in [3.8, 4) is 5.75 Å². The molecule has 1 unspecified atom stereocenters. The first kappa shape index (κ1) is 23.3. The zero-order valence-electron chi connectivity index (χ0n) is 20.2. The Morgan fingerprint density at radius 2 is 2.09 bits per heavy atom. The molecule has 186 valence electrons. The molecule has 1 saturated heterocycles. The third-order valence-electron chi connectivity index (χ3n) is 7.17. The van der Waals surface area contributed by atoms with Crippen LogP contribution in [0.4, 0.5) is 10.3 Å². The number of aromatic nitrogens is 4. The van der Waals surface area contributed by atoms with E-state index in [1.165, 1.54) is 23.8 Å². The van der Waals surface area contributed by atoms with Crippen molar-refractivity contribution >= 4 is 34.3 Å². The van der Waals surface area contributed by atoms with Crippen molar-refractivity contribution in [1.29, 1.82) is 0 Å². The average Bonchev–Trinajstić information content (AvgIpc) is 3.47. The molecule has 2 aliphatic rings. The van der Waals surface area contributed by atoms with Crippen molar-refractivity contribution in [1.82, 2.24) is 29.4 Å². The number of fused-ring (bicyclic) bond motifs is 3. The molecule has 2 fully saturated rings. The second-order valence-electron chi connectivity index (χ2n) is 9.53. The van der Waals surface area contributed by atoms with Crippen LogP contribution in [0.3, 0.4) is 0 Å². The van der Waals surface area contributed by atoms with Gasteiger partial charge in [0.1, 0.15) is 5.92 Å². The number of likely N-dealkylation sites (tertiary alicyclic amines) is 1. The van der Waals surface area contributed by atoms with Crippen LogP contribution >= 0.6 is 0 Å². The number of hydrogen-bond acceptors (Lipinski definition) is 7. The maximum atomic E-state index is 14.3. The highest BCUT2D eigenvalue weighted by Crippen LogP contribution is 2.33. The molecular formula is C24H30FN7O3. The number of carbonyl (C=O) groups is 2. The van der Waals surface area contributed by atoms with Gasteiger partial charge in [0, 0.05) is 43.5 Å². The molecule has 2 N–H and O–H groups in total. The molecule has 11 heteroatoms. The first-order chi connectivity index (χ1) is 16.8. The number of benzene rings is 1. The number of hydrogen-bond donors (Lipinski definition) is 1. The number of rotatable bonds is 8. The molecular weight excluding hydrogens is 453 g/mol. The monoisotopic (exact) mass is 483 g/mol. The minimum atomic E-state index is -0.550. The van der Waals surface area contributed by atoms with Crippen LogP contribution in [0.25, 0.3) is 16.6 Å². The van der Waals surface area contributed by atoms with Gasteiger partial charge < -0.3 is 20.3 Å². The van der Waals surface area contributed by atoms with E-state index in [1.807, 2.05) is 11.8 Å². The highest BCUT2D eigenvalue weighted by Gasteiger charge is 2.44. The lowest BCUT2D eigenvalue weighted by Gasteiger charge is -2.27. The number of nitrogens with two attached hydrogens (primary N) is 1. The molecule has 1 saturated carbocycles. The molecule has 10 nitrogen and oxygen atoms in total. The molecule has 0 bridgehead atoms. The zero-order chi connectivity index (χ0) is 24.9. The summed E-state index contributed by atoms with van der Waals surface area (Å²) in [5, 5.41) is 4.95. The molecule has 3 heterocycles. The van der Waals surface area contributed by atoms with Crippen LogP contribution in [0, 0.1) is 11.7 Å². The first-order valence-corrected chi connectivity index (χ1v) is 12.0. The summed E-state index contributed by atoms with van der Waals surface area (Å²) < 4.78 is 20.7. The molecule has 5 rings (SSSR count). The van der Waals surface area contributed by atoms with Gasteiger partial charge in [-0.1, -0.05) is 0 Å². The number of carbonyl (C=O) groups excluding carboxylic acids is 2. The smallest absolute Gasteiger partial charge is 0.235 e. The standard InChI is InChI=1S/C24H30FN7O3/c1-13(30(2)22(33)15-9-10-31(23(15)34)14-7-8-14)5-4-6-20-28-21-16-11-17(25)19(35-3)12-18(16)27-24(26)32(21)29-20/h11-15H,4-10H2,1-3H3,(H2,26,27)/t13-,15?/m0/s1. The van der Waals surface area contributed by atoms with E-state index in [4.69, 9.17) is 10.5 Å². The largest absolute Gasteiger partial charge is 0.494 e. The number of amides is 2. The maximum Gasteiger partial charge on any atom is 0.235 e. The van der Waals surface area contributed by atoms with Crippen LogP contribution in [0.5, 0.6) is 5.75 Å². The zero-order valence-corrected chi connectivity index (χ0v) is 20.2. The Balaban J connectivity index is 1.23. The van der Waals surface area contributed by atoms with Gasteiger partial charge >= 0.3 is 0 Å². The Hall–Kier alpha value is -3.50. The van der Waals surface area contributed by atoms with Crippen molar-refractivity contribution in [2.24, 2.45) is 5.92 Å². The summed E-state index contributed by atoms with van der Waals surface area (Å²) in [6.07, 6.45) is 4.73. The van der Waals surface area contributed by atoms with Gasteiger partial charge in [-0.3, -0.25) is 9.59 Å². The Kier molecular flexibility index (Phi) is 5.94. The van der Waals surface area contributed by atoms with E-state index in [2.05, 4.69) is 15.1 Å². The minimum Gasteiger partial charge on any atom is -0.494 e. The van der Waals surface area contributed by atoms with Crippen molar-refractivity contribution < 1.29 is 18.7 Å². The lowest BCUT2D eigenvalue weighted by atomic mass is 10.0. The number of halogens is 1. The van der Waals surface area contributed by atoms with Gasteiger partial charge in [0.05, 0.1) is 12.6 Å². The molecule has 2 aromatic heterocycles. The van der Waals surface area contributed by atoms with E-state index in [0.717, 1.165) is 25.7 Å². The third-order valence-corrected chi connectivity index (χ3v) is 7.17. The quantitative estimate of drug-likeness (QED) is 0.488. The molecule has 35 heavy (non-hydrogen) atoms. The number of nitrogen functional groups attached to an aromatic ring is 1. The summed E-state index contributed by atoms with van der Waals surface area (Å²) in [4.78, 5) is 38.0. The van der Waals surface area contributed by atoms with Gasteiger partial charge in [-0.25, -0.2) is 14.4 Å². The molecule has 0 spiro atoms. The Bertz CT molecular complexity index is 1310. The molecule has 3 aromatic rings. The molecule has 1 aromatic carbocycles. The average molecular weight is 484 g/mol. The van der Waals surface area contributed by atoms with Crippen LogP contribution < -0.4 is 10.5 Å². The number of methoxy groups -OCH3 is 1. The number of nitrogens with zero attached hydrogens (tertiary/aromatic N) is 6. The molecule has 0 radical (unpaired) electrons. The topological polar surface area (TPSA) is 119 Å².